The van der Waals surface area contributed by atoms with Crippen molar-refractivity contribution in [2.75, 3.05) is 0 Å². The van der Waals surface area contributed by atoms with Gasteiger partial charge in [-0.25, -0.2) is 4.79 Å². The number of hydrogen-bond acceptors (Lipinski definition) is 3. The molecule has 1 aromatic rings. The summed E-state index contributed by atoms with van der Waals surface area (Å²) in [5, 5.41) is 2.14. The van der Waals surface area contributed by atoms with Crippen LogP contribution in [0, 0.1) is 0 Å². The molecule has 0 aliphatic carbocycles. The molecule has 1 rings (SSSR count). The number of nitrogens with zero attached hydrogens (tertiary/aromatic N) is 1. The van der Waals surface area contributed by atoms with E-state index in [0.717, 1.165) is 0 Å². The van der Waals surface area contributed by atoms with Crippen molar-refractivity contribution < 1.29 is 12.3 Å². The molecule has 0 aliphatic rings. The molecule has 0 radical (unpaired) electrons. The average Bonchev–Trinajstić information content (AvgIpc) is 2.15. The molecule has 1 aromatic heterocycles. The zero-order valence-electron chi connectivity index (χ0n) is 11.1. The van der Waals surface area contributed by atoms with Gasteiger partial charge in [-0.05, 0) is 32.9 Å². The number of alkyl carbamates (subject to hydrolysis) is 1. The van der Waals surface area contributed by atoms with Gasteiger partial charge in [0.1, 0.15) is 5.60 Å². The van der Waals surface area contributed by atoms with E-state index in [9.17, 15) is 4.79 Å². The summed E-state index contributed by atoms with van der Waals surface area (Å²) in [4.78, 5) is 15.3. The number of hydrogen-bond donors (Lipinski definition) is 1. The van der Waals surface area contributed by atoms with E-state index in [1.54, 1.807) is 32.9 Å². The molecule has 82 valence electrons. The molecule has 0 saturated carbocycles. The van der Waals surface area contributed by atoms with Crippen molar-refractivity contribution in [3.05, 3.63) is 30.1 Å². The number of pyridine rings is 1. The molecule has 0 aliphatic heterocycles. The van der Waals surface area contributed by atoms with E-state index in [1.165, 1.54) is 12.3 Å². The molecule has 0 bridgehead atoms. The number of aromatic nitrogens is 1. The largest absolute Gasteiger partial charge is 0.444 e. The molecule has 1 amide bonds. The van der Waals surface area contributed by atoms with Gasteiger partial charge >= 0.3 is 6.09 Å². The molecule has 0 saturated heterocycles. The molecule has 0 atom stereocenters. The summed E-state index contributed by atoms with van der Waals surface area (Å²) >= 11 is 0. The highest BCUT2D eigenvalue weighted by Crippen LogP contribution is 2.06. The second-order valence-corrected chi connectivity index (χ2v) is 3.97. The Morgan fingerprint density at radius 2 is 2.33 bits per heavy atom. The van der Waals surface area contributed by atoms with E-state index in [4.69, 9.17) is 7.48 Å². The lowest BCUT2D eigenvalue weighted by Gasteiger charge is -2.19. The van der Waals surface area contributed by atoms with Gasteiger partial charge in [0.25, 0.3) is 0 Å². The Bertz CT molecular complexity index is 388. The molecular formula is C11H16N2O2. The fourth-order valence-corrected chi connectivity index (χ4v) is 0.855. The van der Waals surface area contributed by atoms with Gasteiger partial charge in [0.2, 0.25) is 0 Å². The second kappa shape index (κ2) is 4.77. The third kappa shape index (κ3) is 5.00. The van der Waals surface area contributed by atoms with E-state index in [2.05, 4.69) is 10.3 Å². The summed E-state index contributed by atoms with van der Waals surface area (Å²) in [7, 11) is 0. The minimum atomic E-state index is -2.05. The van der Waals surface area contributed by atoms with Crippen molar-refractivity contribution in [3.8, 4) is 0 Å². The highest BCUT2D eigenvalue weighted by Gasteiger charge is 2.15. The second-order valence-electron chi connectivity index (χ2n) is 3.97. The van der Waals surface area contributed by atoms with Crippen LogP contribution in [0.4, 0.5) is 4.79 Å². The van der Waals surface area contributed by atoms with Gasteiger partial charge in [-0.1, -0.05) is 6.07 Å². The predicted molar refractivity (Wildman–Crippen MR) is 57.3 cm³/mol. The van der Waals surface area contributed by atoms with Gasteiger partial charge in [0.15, 0.2) is 0 Å². The van der Waals surface area contributed by atoms with Gasteiger partial charge in [-0.3, -0.25) is 4.98 Å². The Balaban J connectivity index is 2.71. The summed E-state index contributed by atoms with van der Waals surface area (Å²) in [6, 6.07) is 4.82. The van der Waals surface area contributed by atoms with Crippen LogP contribution in [0.2, 0.25) is 0 Å². The Morgan fingerprint density at radius 1 is 1.60 bits per heavy atom. The molecule has 4 heteroatoms. The first-order valence-electron chi connectivity index (χ1n) is 5.63. The summed E-state index contributed by atoms with van der Waals surface area (Å²) in [5.41, 5.74) is -0.532. The average molecular weight is 210 g/mol. The molecule has 1 N–H and O–H groups in total. The smallest absolute Gasteiger partial charge is 0.407 e. The van der Waals surface area contributed by atoms with Crippen molar-refractivity contribution >= 4 is 6.09 Å². The predicted octanol–water partition coefficient (Wildman–Crippen LogP) is 2.11. The van der Waals surface area contributed by atoms with E-state index in [-0.39, 0.29) is 5.69 Å². The quantitative estimate of drug-likeness (QED) is 0.813. The normalized spacial score (nSPS) is 13.8. The number of carbonyl (C=O) groups excluding carboxylic acids is 1. The van der Waals surface area contributed by atoms with Crippen LogP contribution in [0.3, 0.4) is 0 Å². The molecule has 4 nitrogen and oxygen atoms in total. The van der Waals surface area contributed by atoms with Crippen molar-refractivity contribution in [3.63, 3.8) is 0 Å². The zero-order chi connectivity index (χ0) is 13.1. The third-order valence-electron chi connectivity index (χ3n) is 1.36. The zero-order valence-corrected chi connectivity index (χ0v) is 9.07. The van der Waals surface area contributed by atoms with Crippen LogP contribution in [0.15, 0.2) is 24.4 Å². The van der Waals surface area contributed by atoms with Crippen LogP contribution in [0.5, 0.6) is 0 Å². The molecule has 0 fully saturated rings. The van der Waals surface area contributed by atoms with Gasteiger partial charge in [0.05, 0.1) is 14.9 Å². The Morgan fingerprint density at radius 3 is 2.87 bits per heavy atom. The van der Waals surface area contributed by atoms with E-state index >= 15 is 0 Å². The van der Waals surface area contributed by atoms with Crippen LogP contribution >= 0.6 is 0 Å². The monoisotopic (exact) mass is 210 g/mol. The minimum Gasteiger partial charge on any atom is -0.444 e. The van der Waals surface area contributed by atoms with Crippen molar-refractivity contribution in [2.24, 2.45) is 0 Å². The molecule has 0 aromatic carbocycles. The number of rotatable bonds is 2. The van der Waals surface area contributed by atoms with Gasteiger partial charge in [0, 0.05) is 6.20 Å². The molecule has 0 unspecified atom stereocenters. The summed E-state index contributed by atoms with van der Waals surface area (Å²) in [6.45, 7) is 3.08. The molecular weight excluding hydrogens is 192 g/mol. The maximum Gasteiger partial charge on any atom is 0.407 e. The van der Waals surface area contributed by atoms with Crippen molar-refractivity contribution in [1.29, 1.82) is 0 Å². The summed E-state index contributed by atoms with van der Waals surface area (Å²) in [5.74, 6) is 0. The van der Waals surface area contributed by atoms with Gasteiger partial charge < -0.3 is 10.1 Å². The topological polar surface area (TPSA) is 51.2 Å². The third-order valence-corrected chi connectivity index (χ3v) is 1.36. The highest BCUT2D eigenvalue weighted by molar-refractivity contribution is 5.67. The first-order valence-corrected chi connectivity index (χ1v) is 4.63. The number of nitrogens with one attached hydrogen (secondary N) is 1. The Labute approximate surface area is 92.5 Å². The summed E-state index contributed by atoms with van der Waals surface area (Å²) in [6.07, 6.45) is 0.650. The first-order chi connectivity index (χ1) is 7.71. The number of amides is 1. The Kier molecular flexibility index (Phi) is 2.77. The van der Waals surface area contributed by atoms with E-state index in [0.29, 0.717) is 0 Å². The minimum absolute atomic E-state index is 0.130. The fraction of sp³-hybridized carbons (Fsp3) is 0.455. The SMILES string of the molecule is [2H]C([2H])(NC(=O)OC(C)(C)C)c1ccccn1. The van der Waals surface area contributed by atoms with E-state index < -0.39 is 18.2 Å². The van der Waals surface area contributed by atoms with Crippen LogP contribution in [0.25, 0.3) is 0 Å². The standard InChI is InChI=1S/C11H16N2O2/c1-11(2,3)15-10(14)13-8-9-6-4-5-7-12-9/h4-7H,8H2,1-3H3,(H,13,14)/i8D2. The first kappa shape index (κ1) is 8.71. The van der Waals surface area contributed by atoms with Crippen molar-refractivity contribution in [1.82, 2.24) is 10.3 Å². The molecule has 15 heavy (non-hydrogen) atoms. The number of carbonyl (C=O) groups is 1. The van der Waals surface area contributed by atoms with Crippen LogP contribution in [-0.4, -0.2) is 16.7 Å². The van der Waals surface area contributed by atoms with Crippen LogP contribution < -0.4 is 5.32 Å². The lowest BCUT2D eigenvalue weighted by Crippen LogP contribution is -2.32. The maximum absolute atomic E-state index is 11.4. The van der Waals surface area contributed by atoms with Gasteiger partial charge in [-0.15, -0.1) is 0 Å². The lowest BCUT2D eigenvalue weighted by atomic mass is 10.2. The summed E-state index contributed by atoms with van der Waals surface area (Å²) < 4.78 is 20.4. The number of ether oxygens (including phenoxy) is 1. The van der Waals surface area contributed by atoms with E-state index in [1.807, 2.05) is 0 Å². The van der Waals surface area contributed by atoms with Crippen LogP contribution in [0.1, 0.15) is 29.2 Å². The van der Waals surface area contributed by atoms with Gasteiger partial charge in [-0.2, -0.15) is 0 Å². The van der Waals surface area contributed by atoms with Crippen LogP contribution in [-0.2, 0) is 11.2 Å². The highest BCUT2D eigenvalue weighted by atomic mass is 16.6. The molecule has 0 spiro atoms. The fourth-order valence-electron chi connectivity index (χ4n) is 0.855. The lowest BCUT2D eigenvalue weighted by molar-refractivity contribution is 0.0523. The molecule has 1 heterocycles. The Hall–Kier alpha value is -1.58. The van der Waals surface area contributed by atoms with Crippen molar-refractivity contribution in [2.45, 2.75) is 32.9 Å². The maximum atomic E-state index is 11.4.